The average molecular weight is 220 g/mol. The molecule has 1 aromatic rings. The second-order valence-electron chi connectivity index (χ2n) is 3.15. The van der Waals surface area contributed by atoms with Gasteiger partial charge in [-0.05, 0) is 5.92 Å². The van der Waals surface area contributed by atoms with Gasteiger partial charge in [0.25, 0.3) is 0 Å². The maximum absolute atomic E-state index is 5.78. The third kappa shape index (κ3) is 3.36. The third-order valence-electron chi connectivity index (χ3n) is 1.42. The van der Waals surface area contributed by atoms with E-state index in [0.717, 1.165) is 12.2 Å². The van der Waals surface area contributed by atoms with Gasteiger partial charge in [0, 0.05) is 12.6 Å². The maximum atomic E-state index is 5.78. The second kappa shape index (κ2) is 4.63. The van der Waals surface area contributed by atoms with Gasteiger partial charge in [0.2, 0.25) is 0 Å². The van der Waals surface area contributed by atoms with Crippen molar-refractivity contribution in [2.45, 2.75) is 13.8 Å². The normalized spacial score (nSPS) is 10.5. The molecule has 0 atom stereocenters. The second-order valence-corrected chi connectivity index (χ2v) is 3.89. The first kappa shape index (κ1) is 10.5. The van der Waals surface area contributed by atoms with E-state index in [2.05, 4.69) is 29.4 Å². The smallest absolute Gasteiger partial charge is 0.174 e. The van der Waals surface area contributed by atoms with E-state index in [4.69, 9.17) is 23.2 Å². The number of nitrogens with zero attached hydrogens (tertiary/aromatic N) is 2. The van der Waals surface area contributed by atoms with E-state index in [1.54, 1.807) is 6.07 Å². The molecule has 3 nitrogen and oxygen atoms in total. The minimum absolute atomic E-state index is 0.343. The number of aromatic nitrogens is 2. The Bertz CT molecular complexity index is 289. The van der Waals surface area contributed by atoms with E-state index in [-0.39, 0.29) is 0 Å². The first-order valence-electron chi connectivity index (χ1n) is 4.02. The molecule has 0 aromatic carbocycles. The van der Waals surface area contributed by atoms with Crippen LogP contribution in [0.15, 0.2) is 6.07 Å². The summed E-state index contributed by atoms with van der Waals surface area (Å²) < 4.78 is 0. The van der Waals surface area contributed by atoms with Crippen LogP contribution in [-0.2, 0) is 0 Å². The monoisotopic (exact) mass is 219 g/mol. The lowest BCUT2D eigenvalue weighted by atomic mass is 10.2. The molecule has 0 aliphatic heterocycles. The summed E-state index contributed by atoms with van der Waals surface area (Å²) in [6.45, 7) is 5.05. The highest BCUT2D eigenvalue weighted by atomic mass is 35.5. The number of nitrogens with one attached hydrogen (secondary N) is 1. The molecule has 72 valence electrons. The molecule has 0 radical (unpaired) electrons. The van der Waals surface area contributed by atoms with E-state index >= 15 is 0 Å². The van der Waals surface area contributed by atoms with Gasteiger partial charge in [0.05, 0.1) is 5.69 Å². The van der Waals surface area contributed by atoms with Gasteiger partial charge >= 0.3 is 0 Å². The van der Waals surface area contributed by atoms with Gasteiger partial charge in [0.1, 0.15) is 0 Å². The number of hydrogen-bond donors (Lipinski definition) is 1. The molecule has 0 bridgehead atoms. The fraction of sp³-hybridized carbons (Fsp3) is 0.500. The molecular formula is C8H11Cl2N3. The van der Waals surface area contributed by atoms with Crippen molar-refractivity contribution in [3.05, 3.63) is 16.4 Å². The molecule has 13 heavy (non-hydrogen) atoms. The summed E-state index contributed by atoms with van der Waals surface area (Å²) in [7, 11) is 0. The predicted octanol–water partition coefficient (Wildman–Crippen LogP) is 2.85. The Labute approximate surface area is 87.5 Å². The van der Waals surface area contributed by atoms with Crippen molar-refractivity contribution in [1.82, 2.24) is 10.2 Å². The summed E-state index contributed by atoms with van der Waals surface area (Å²) in [4.78, 5) is 0. The van der Waals surface area contributed by atoms with Gasteiger partial charge in [-0.3, -0.25) is 0 Å². The first-order valence-corrected chi connectivity index (χ1v) is 4.77. The van der Waals surface area contributed by atoms with Crippen LogP contribution < -0.4 is 5.32 Å². The molecule has 0 spiro atoms. The predicted molar refractivity (Wildman–Crippen MR) is 55.4 cm³/mol. The lowest BCUT2D eigenvalue weighted by Crippen LogP contribution is -2.08. The van der Waals surface area contributed by atoms with Crippen LogP contribution in [0.4, 0.5) is 5.69 Å². The van der Waals surface area contributed by atoms with Crippen LogP contribution in [0, 0.1) is 5.92 Å². The van der Waals surface area contributed by atoms with Crippen molar-refractivity contribution in [2.24, 2.45) is 5.92 Å². The Morgan fingerprint density at radius 1 is 1.38 bits per heavy atom. The number of halogens is 2. The largest absolute Gasteiger partial charge is 0.382 e. The molecule has 0 unspecified atom stereocenters. The Morgan fingerprint density at radius 2 is 2.08 bits per heavy atom. The molecule has 0 saturated heterocycles. The van der Waals surface area contributed by atoms with E-state index < -0.39 is 0 Å². The Kier molecular flexibility index (Phi) is 3.75. The third-order valence-corrected chi connectivity index (χ3v) is 1.88. The van der Waals surface area contributed by atoms with E-state index in [1.165, 1.54) is 0 Å². The quantitative estimate of drug-likeness (QED) is 0.850. The van der Waals surface area contributed by atoms with Crippen molar-refractivity contribution in [3.63, 3.8) is 0 Å². The molecule has 0 amide bonds. The van der Waals surface area contributed by atoms with Gasteiger partial charge in [-0.15, -0.1) is 10.2 Å². The summed E-state index contributed by atoms with van der Waals surface area (Å²) in [6, 6.07) is 1.67. The van der Waals surface area contributed by atoms with Gasteiger partial charge in [-0.2, -0.15) is 0 Å². The molecule has 1 aromatic heterocycles. The van der Waals surface area contributed by atoms with Gasteiger partial charge < -0.3 is 5.32 Å². The first-order chi connectivity index (χ1) is 6.09. The summed E-state index contributed by atoms with van der Waals surface area (Å²) >= 11 is 11.4. The van der Waals surface area contributed by atoms with Crippen LogP contribution in [0.2, 0.25) is 10.3 Å². The Balaban J connectivity index is 2.70. The highest BCUT2D eigenvalue weighted by Gasteiger charge is 2.03. The molecule has 0 aliphatic carbocycles. The summed E-state index contributed by atoms with van der Waals surface area (Å²) in [5, 5.41) is 11.1. The van der Waals surface area contributed by atoms with Crippen LogP contribution >= 0.6 is 23.2 Å². The molecule has 5 heteroatoms. The molecule has 0 aliphatic rings. The zero-order valence-electron chi connectivity index (χ0n) is 7.51. The zero-order valence-corrected chi connectivity index (χ0v) is 9.02. The maximum Gasteiger partial charge on any atom is 0.174 e. The molecule has 1 rings (SSSR count). The SMILES string of the molecule is CC(C)CNc1cc(Cl)nnc1Cl. The fourth-order valence-corrected chi connectivity index (χ4v) is 1.10. The minimum atomic E-state index is 0.343. The van der Waals surface area contributed by atoms with Crippen LogP contribution in [0.5, 0.6) is 0 Å². The molecule has 1 N–H and O–H groups in total. The summed E-state index contributed by atoms with van der Waals surface area (Å²) in [6.07, 6.45) is 0. The highest BCUT2D eigenvalue weighted by molar-refractivity contribution is 6.33. The lowest BCUT2D eigenvalue weighted by Gasteiger charge is -2.09. The fourth-order valence-electron chi connectivity index (χ4n) is 0.791. The van der Waals surface area contributed by atoms with Crippen molar-refractivity contribution < 1.29 is 0 Å². The molecule has 1 heterocycles. The average Bonchev–Trinajstić information content (AvgIpc) is 2.06. The van der Waals surface area contributed by atoms with Crippen molar-refractivity contribution in [2.75, 3.05) is 11.9 Å². The molecule has 0 saturated carbocycles. The Hall–Kier alpha value is -0.540. The van der Waals surface area contributed by atoms with Crippen molar-refractivity contribution >= 4 is 28.9 Å². The van der Waals surface area contributed by atoms with Crippen molar-refractivity contribution in [1.29, 1.82) is 0 Å². The van der Waals surface area contributed by atoms with Crippen molar-refractivity contribution in [3.8, 4) is 0 Å². The number of rotatable bonds is 3. The minimum Gasteiger partial charge on any atom is -0.382 e. The topological polar surface area (TPSA) is 37.8 Å². The van der Waals surface area contributed by atoms with Crippen LogP contribution in [0.3, 0.4) is 0 Å². The van der Waals surface area contributed by atoms with Crippen LogP contribution in [0.25, 0.3) is 0 Å². The standard InChI is InChI=1S/C8H11Cl2N3/c1-5(2)4-11-6-3-7(9)12-13-8(6)10/h3,5H,4H2,1-2H3,(H,11,12). The van der Waals surface area contributed by atoms with Gasteiger partial charge in [-0.25, -0.2) is 0 Å². The summed E-state index contributed by atoms with van der Waals surface area (Å²) in [5.74, 6) is 0.544. The van der Waals surface area contributed by atoms with E-state index in [9.17, 15) is 0 Å². The lowest BCUT2D eigenvalue weighted by molar-refractivity contribution is 0.688. The highest BCUT2D eigenvalue weighted by Crippen LogP contribution is 2.20. The van der Waals surface area contributed by atoms with E-state index in [1.807, 2.05) is 0 Å². The molecule has 0 fully saturated rings. The van der Waals surface area contributed by atoms with Gasteiger partial charge in [0.15, 0.2) is 10.3 Å². The molecular weight excluding hydrogens is 209 g/mol. The summed E-state index contributed by atoms with van der Waals surface area (Å²) in [5.41, 5.74) is 0.732. The van der Waals surface area contributed by atoms with Crippen LogP contribution in [0.1, 0.15) is 13.8 Å². The van der Waals surface area contributed by atoms with Gasteiger partial charge in [-0.1, -0.05) is 37.0 Å². The number of anilines is 1. The van der Waals surface area contributed by atoms with E-state index in [0.29, 0.717) is 16.2 Å². The van der Waals surface area contributed by atoms with Crippen LogP contribution in [-0.4, -0.2) is 16.7 Å². The Morgan fingerprint density at radius 3 is 2.69 bits per heavy atom. The number of hydrogen-bond acceptors (Lipinski definition) is 3. The zero-order chi connectivity index (χ0) is 9.84.